The number of amides is 2. The predicted octanol–water partition coefficient (Wildman–Crippen LogP) is 5.52. The van der Waals surface area contributed by atoms with Crippen LogP contribution in [0.2, 0.25) is 0 Å². The molecule has 6 rings (SSSR count). The van der Waals surface area contributed by atoms with Crippen molar-refractivity contribution in [3.05, 3.63) is 88.1 Å². The molecule has 0 bridgehead atoms. The number of rotatable bonds is 8. The number of carbonyl (C=O) groups excluding carboxylic acids is 4. The lowest BCUT2D eigenvalue weighted by Crippen LogP contribution is -2.56. The van der Waals surface area contributed by atoms with Gasteiger partial charge in [-0.05, 0) is 71.8 Å². The molecule has 4 aromatic rings. The Morgan fingerprint density at radius 3 is 2.40 bits per heavy atom. The van der Waals surface area contributed by atoms with Crippen LogP contribution >= 0.6 is 11.3 Å². The molecule has 0 radical (unpaired) electrons. The number of pyridine rings is 1. The first-order chi connectivity index (χ1) is 23.3. The maximum absolute atomic E-state index is 14.0. The van der Waals surface area contributed by atoms with Crippen LogP contribution in [0.15, 0.2) is 60.0 Å². The third kappa shape index (κ3) is 6.41. The van der Waals surface area contributed by atoms with Crippen molar-refractivity contribution in [3.63, 3.8) is 0 Å². The topological polar surface area (TPSA) is 159 Å². The van der Waals surface area contributed by atoms with Crippen LogP contribution in [0, 0.1) is 0 Å². The maximum Gasteiger partial charge on any atom is 0.357 e. The second-order valence-electron chi connectivity index (χ2n) is 11.8. The van der Waals surface area contributed by atoms with E-state index >= 15 is 0 Å². The molecule has 248 valence electrons. The lowest BCUT2D eigenvalue weighted by atomic mass is 9.81. The molecule has 48 heavy (non-hydrogen) atoms. The standard InChI is InChI=1S/C36H36N4O7S/c1-45-34(43)30-24(10-11-28(39-30)33(42)40-36(35(44)46-2)14-4-3-5-15-36)25-19-29-27(31-22(12-16-47-29)13-17-48-31)18-26(25)32(41)38-23-8-6-21(20-37)7-9-23/h6-11,13,17-19H,3-5,12,14-16,20,37H2,1-2H3,(H,38,41)(H,40,42). The molecule has 3 heterocycles. The largest absolute Gasteiger partial charge is 0.493 e. The van der Waals surface area contributed by atoms with Crippen LogP contribution in [0.4, 0.5) is 5.69 Å². The Bertz CT molecular complexity index is 1880. The van der Waals surface area contributed by atoms with Crippen molar-refractivity contribution in [1.29, 1.82) is 0 Å². The van der Waals surface area contributed by atoms with Gasteiger partial charge in [-0.15, -0.1) is 11.3 Å². The number of anilines is 1. The SMILES string of the molecule is COC(=O)c1nc(C(=O)NC2(C(=O)OC)CCCCC2)ccc1-c1cc2c(cc1C(=O)Nc1ccc(CN)cc1)-c1sccc1CCO2. The number of fused-ring (bicyclic) bond motifs is 3. The van der Waals surface area contributed by atoms with Crippen molar-refractivity contribution in [3.8, 4) is 27.3 Å². The summed E-state index contributed by atoms with van der Waals surface area (Å²) in [5.74, 6) is -1.84. The molecule has 4 N–H and O–H groups in total. The van der Waals surface area contributed by atoms with Gasteiger partial charge in [-0.25, -0.2) is 14.6 Å². The molecule has 1 fully saturated rings. The Kier molecular flexibility index (Phi) is 9.56. The third-order valence-corrected chi connectivity index (χ3v) is 9.86. The molecule has 12 heteroatoms. The minimum absolute atomic E-state index is 0.0896. The fourth-order valence-electron chi connectivity index (χ4n) is 6.32. The van der Waals surface area contributed by atoms with E-state index in [0.717, 1.165) is 40.8 Å². The summed E-state index contributed by atoms with van der Waals surface area (Å²) in [6.07, 6.45) is 4.02. The fraction of sp³-hybridized carbons (Fsp3) is 0.306. The van der Waals surface area contributed by atoms with E-state index in [9.17, 15) is 19.2 Å². The first-order valence-electron chi connectivity index (χ1n) is 15.8. The van der Waals surface area contributed by atoms with Crippen LogP contribution in [0.5, 0.6) is 5.75 Å². The summed E-state index contributed by atoms with van der Waals surface area (Å²) in [6, 6.07) is 15.8. The number of nitrogens with one attached hydrogen (secondary N) is 2. The van der Waals surface area contributed by atoms with Gasteiger partial charge in [-0.1, -0.05) is 31.4 Å². The molecule has 2 aromatic carbocycles. The number of nitrogens with two attached hydrogens (primary N) is 1. The average Bonchev–Trinajstić information content (AvgIpc) is 3.52. The van der Waals surface area contributed by atoms with Gasteiger partial charge in [0.25, 0.3) is 11.8 Å². The number of thiophene rings is 1. The second kappa shape index (κ2) is 14.0. The smallest absolute Gasteiger partial charge is 0.357 e. The molecule has 2 amide bonds. The first-order valence-corrected chi connectivity index (χ1v) is 16.6. The van der Waals surface area contributed by atoms with Crippen LogP contribution in [-0.2, 0) is 27.2 Å². The van der Waals surface area contributed by atoms with Gasteiger partial charge < -0.3 is 30.6 Å². The van der Waals surface area contributed by atoms with Crippen molar-refractivity contribution in [1.82, 2.24) is 10.3 Å². The van der Waals surface area contributed by atoms with Crippen molar-refractivity contribution < 1.29 is 33.4 Å². The Labute approximate surface area is 281 Å². The highest BCUT2D eigenvalue weighted by Crippen LogP contribution is 2.43. The van der Waals surface area contributed by atoms with E-state index < -0.39 is 29.3 Å². The van der Waals surface area contributed by atoms with Gasteiger partial charge in [0, 0.05) is 45.8 Å². The summed E-state index contributed by atoms with van der Waals surface area (Å²) in [5, 5.41) is 7.81. The summed E-state index contributed by atoms with van der Waals surface area (Å²) in [5.41, 5.74) is 8.55. The molecule has 0 unspecified atom stereocenters. The minimum atomic E-state index is -1.18. The number of nitrogens with zero attached hydrogens (tertiary/aromatic N) is 1. The summed E-state index contributed by atoms with van der Waals surface area (Å²) in [4.78, 5) is 59.1. The van der Waals surface area contributed by atoms with Gasteiger partial charge >= 0.3 is 11.9 Å². The molecule has 0 spiro atoms. The van der Waals surface area contributed by atoms with E-state index in [-0.39, 0.29) is 22.5 Å². The summed E-state index contributed by atoms with van der Waals surface area (Å²) >= 11 is 1.56. The summed E-state index contributed by atoms with van der Waals surface area (Å²) in [7, 11) is 2.51. The highest BCUT2D eigenvalue weighted by atomic mass is 32.1. The molecule has 1 aliphatic carbocycles. The highest BCUT2D eigenvalue weighted by Gasteiger charge is 2.42. The predicted molar refractivity (Wildman–Crippen MR) is 181 cm³/mol. The molecule has 11 nitrogen and oxygen atoms in total. The lowest BCUT2D eigenvalue weighted by Gasteiger charge is -2.35. The summed E-state index contributed by atoms with van der Waals surface area (Å²) in [6.45, 7) is 0.797. The van der Waals surface area contributed by atoms with Crippen molar-refractivity contribution in [2.45, 2.75) is 50.6 Å². The zero-order valence-corrected chi connectivity index (χ0v) is 27.5. The maximum atomic E-state index is 14.0. The van der Waals surface area contributed by atoms with Gasteiger partial charge in [0.05, 0.1) is 20.8 Å². The first kappa shape index (κ1) is 32.9. The number of ether oxygens (including phenoxy) is 3. The van der Waals surface area contributed by atoms with E-state index in [1.54, 1.807) is 41.7 Å². The van der Waals surface area contributed by atoms with Gasteiger partial charge in [-0.3, -0.25) is 9.59 Å². The zero-order valence-electron chi connectivity index (χ0n) is 26.7. The zero-order chi connectivity index (χ0) is 33.8. The minimum Gasteiger partial charge on any atom is -0.493 e. The lowest BCUT2D eigenvalue weighted by molar-refractivity contribution is -0.149. The van der Waals surface area contributed by atoms with Crippen molar-refractivity contribution in [2.24, 2.45) is 5.73 Å². The van der Waals surface area contributed by atoms with Gasteiger partial charge in [0.1, 0.15) is 17.0 Å². The number of benzene rings is 2. The van der Waals surface area contributed by atoms with E-state index in [2.05, 4.69) is 15.6 Å². The number of hydrogen-bond acceptors (Lipinski definition) is 10. The van der Waals surface area contributed by atoms with E-state index in [1.165, 1.54) is 20.3 Å². The van der Waals surface area contributed by atoms with Gasteiger partial charge in [0.15, 0.2) is 5.69 Å². The molecular weight excluding hydrogens is 632 g/mol. The van der Waals surface area contributed by atoms with Gasteiger partial charge in [0.2, 0.25) is 0 Å². The highest BCUT2D eigenvalue weighted by molar-refractivity contribution is 7.13. The van der Waals surface area contributed by atoms with Crippen LogP contribution < -0.4 is 21.1 Å². The number of methoxy groups -OCH3 is 2. The average molecular weight is 669 g/mol. The number of aromatic nitrogens is 1. The Morgan fingerprint density at radius 2 is 1.69 bits per heavy atom. The quantitative estimate of drug-likeness (QED) is 0.206. The molecule has 1 aliphatic heterocycles. The van der Waals surface area contributed by atoms with Crippen LogP contribution in [0.3, 0.4) is 0 Å². The van der Waals surface area contributed by atoms with Crippen molar-refractivity contribution >= 4 is 40.8 Å². The van der Waals surface area contributed by atoms with E-state index in [4.69, 9.17) is 19.9 Å². The number of esters is 2. The summed E-state index contributed by atoms with van der Waals surface area (Å²) < 4.78 is 16.3. The molecule has 2 aliphatic rings. The van der Waals surface area contributed by atoms with E-state index in [0.29, 0.717) is 49.4 Å². The van der Waals surface area contributed by atoms with E-state index in [1.807, 2.05) is 23.6 Å². The number of carbonyl (C=O) groups is 4. The van der Waals surface area contributed by atoms with Crippen LogP contribution in [0.1, 0.15) is 74.6 Å². The molecule has 1 saturated carbocycles. The normalized spacial score (nSPS) is 14.7. The number of hydrogen-bond donors (Lipinski definition) is 3. The third-order valence-electron chi connectivity index (χ3n) is 8.87. The Morgan fingerprint density at radius 1 is 0.917 bits per heavy atom. The van der Waals surface area contributed by atoms with Gasteiger partial charge in [-0.2, -0.15) is 0 Å². The van der Waals surface area contributed by atoms with Crippen LogP contribution in [0.25, 0.3) is 21.6 Å². The Balaban J connectivity index is 1.45. The second-order valence-corrected chi connectivity index (χ2v) is 12.7. The molecular formula is C36H36N4O7S. The van der Waals surface area contributed by atoms with Crippen LogP contribution in [-0.4, -0.2) is 55.1 Å². The molecule has 0 atom stereocenters. The molecule has 2 aromatic heterocycles. The van der Waals surface area contributed by atoms with Crippen molar-refractivity contribution in [2.75, 3.05) is 26.1 Å². The fourth-order valence-corrected chi connectivity index (χ4v) is 7.29. The monoisotopic (exact) mass is 668 g/mol. The molecule has 0 saturated heterocycles. The Hall–Kier alpha value is -5.07.